The number of fused-ring (bicyclic) bond motifs is 1. The fourth-order valence-electron chi connectivity index (χ4n) is 5.53. The average molecular weight is 787 g/mol. The number of nitrogens with zero attached hydrogens (tertiary/aromatic N) is 1. The quantitative estimate of drug-likeness (QED) is 0.0606. The lowest BCUT2D eigenvalue weighted by Gasteiger charge is -2.33. The van der Waals surface area contributed by atoms with Crippen LogP contribution in [-0.2, 0) is 55.2 Å². The van der Waals surface area contributed by atoms with E-state index in [1.54, 1.807) is 18.2 Å². The van der Waals surface area contributed by atoms with Crippen molar-refractivity contribution in [2.45, 2.75) is 108 Å². The molecule has 13 heteroatoms. The molecule has 0 amide bonds. The number of aliphatic hydroxyl groups is 1. The highest BCUT2D eigenvalue weighted by molar-refractivity contribution is 7.89. The highest BCUT2D eigenvalue weighted by atomic mass is 32.2. The Bertz CT molecular complexity index is 1690. The molecule has 0 saturated heterocycles. The lowest BCUT2D eigenvalue weighted by Crippen LogP contribution is -2.36. The van der Waals surface area contributed by atoms with Crippen LogP contribution in [0.25, 0.3) is 0 Å². The molecule has 1 aliphatic heterocycles. The van der Waals surface area contributed by atoms with Gasteiger partial charge in [0.05, 0.1) is 30.8 Å². The molecule has 0 saturated carbocycles. The molecule has 0 aromatic heterocycles. The van der Waals surface area contributed by atoms with Crippen molar-refractivity contribution in [3.63, 3.8) is 0 Å². The molecular formula is C40H62N2O8SSi2. The largest absolute Gasteiger partial charge is 0.463 e. The van der Waals surface area contributed by atoms with Gasteiger partial charge in [-0.05, 0) is 71.6 Å². The summed E-state index contributed by atoms with van der Waals surface area (Å²) in [5, 5.41) is 14.1. The van der Waals surface area contributed by atoms with Crippen molar-refractivity contribution in [1.82, 2.24) is 9.62 Å². The SMILES string of the molecule is CC1(C)OCc2cc([C@@H](O)CNCCc3cccc(COCc4cccc(S(=O)(=O)N(COCC[Si](C)(C)C)COCC[Si](C)(C)C)c4)c3)ccc2O1. The minimum absolute atomic E-state index is 0.0496. The Kier molecular flexibility index (Phi) is 15.9. The van der Waals surface area contributed by atoms with Gasteiger partial charge in [0.15, 0.2) is 0 Å². The van der Waals surface area contributed by atoms with E-state index in [1.165, 1.54) is 4.31 Å². The molecular weight excluding hydrogens is 725 g/mol. The van der Waals surface area contributed by atoms with Crippen molar-refractivity contribution in [3.8, 4) is 5.75 Å². The Balaban J connectivity index is 1.25. The maximum Gasteiger partial charge on any atom is 0.247 e. The Morgan fingerprint density at radius 1 is 0.830 bits per heavy atom. The lowest BCUT2D eigenvalue weighted by molar-refractivity contribution is -0.180. The van der Waals surface area contributed by atoms with Crippen molar-refractivity contribution in [3.05, 3.63) is 94.5 Å². The highest BCUT2D eigenvalue weighted by Gasteiger charge is 2.28. The molecule has 53 heavy (non-hydrogen) atoms. The van der Waals surface area contributed by atoms with E-state index in [9.17, 15) is 13.5 Å². The Morgan fingerprint density at radius 3 is 2.08 bits per heavy atom. The second-order valence-corrected chi connectivity index (χ2v) is 29.9. The van der Waals surface area contributed by atoms with Crippen LogP contribution < -0.4 is 10.1 Å². The van der Waals surface area contributed by atoms with Gasteiger partial charge in [0.2, 0.25) is 15.8 Å². The number of benzene rings is 3. The minimum Gasteiger partial charge on any atom is -0.463 e. The molecule has 0 fully saturated rings. The van der Waals surface area contributed by atoms with Crippen molar-refractivity contribution >= 4 is 26.2 Å². The van der Waals surface area contributed by atoms with Gasteiger partial charge in [-0.2, -0.15) is 0 Å². The average Bonchev–Trinajstić information content (AvgIpc) is 3.08. The second kappa shape index (κ2) is 19.4. The maximum absolute atomic E-state index is 13.8. The predicted molar refractivity (Wildman–Crippen MR) is 216 cm³/mol. The van der Waals surface area contributed by atoms with Crippen LogP contribution in [0.5, 0.6) is 5.75 Å². The molecule has 0 bridgehead atoms. The smallest absolute Gasteiger partial charge is 0.247 e. The normalized spacial score (nSPS) is 15.3. The zero-order valence-electron chi connectivity index (χ0n) is 33.1. The summed E-state index contributed by atoms with van der Waals surface area (Å²) >= 11 is 0. The third-order valence-corrected chi connectivity index (χ3v) is 14.0. The number of aliphatic hydroxyl groups excluding tert-OH is 1. The Morgan fingerprint density at radius 2 is 1.43 bits per heavy atom. The van der Waals surface area contributed by atoms with Crippen LogP contribution in [0.1, 0.15) is 47.8 Å². The summed E-state index contributed by atoms with van der Waals surface area (Å²) in [5.74, 6) is 0.143. The fraction of sp³-hybridized carbons (Fsp3) is 0.550. The van der Waals surface area contributed by atoms with Gasteiger partial charge in [-0.3, -0.25) is 0 Å². The third-order valence-electron chi connectivity index (χ3n) is 8.86. The summed E-state index contributed by atoms with van der Waals surface area (Å²) in [7, 11) is -6.50. The van der Waals surface area contributed by atoms with Crippen LogP contribution >= 0.6 is 0 Å². The second-order valence-electron chi connectivity index (χ2n) is 16.7. The molecule has 2 N–H and O–H groups in total. The minimum atomic E-state index is -3.86. The zero-order valence-corrected chi connectivity index (χ0v) is 35.9. The molecule has 3 aromatic carbocycles. The standard InChI is InChI=1S/C40H62N2O8SSi2/c1-40(2)49-29-36-25-35(15-16-39(36)50-40)38(43)26-41-18-17-32-11-9-12-33(23-32)27-48-28-34-13-10-14-37(24-34)51(44,45)42(30-46-19-21-52(3,4)5)31-47-20-22-53(6,7)8/h9-16,23-25,38,41,43H,17-22,26-31H2,1-8H3/t38-/m0/s1. The number of hydrogen-bond acceptors (Lipinski definition) is 9. The molecule has 3 aromatic rings. The molecule has 10 nitrogen and oxygen atoms in total. The summed E-state index contributed by atoms with van der Waals surface area (Å²) in [6.45, 7) is 20.6. The highest BCUT2D eigenvalue weighted by Crippen LogP contribution is 2.33. The van der Waals surface area contributed by atoms with E-state index < -0.39 is 38.1 Å². The Hall–Kier alpha value is -2.44. The van der Waals surface area contributed by atoms with Gasteiger partial charge in [-0.25, -0.2) is 8.42 Å². The van der Waals surface area contributed by atoms with Gasteiger partial charge < -0.3 is 34.1 Å². The molecule has 0 radical (unpaired) electrons. The van der Waals surface area contributed by atoms with Gasteiger partial charge in [0, 0.05) is 55.3 Å². The first-order chi connectivity index (χ1) is 24.9. The maximum atomic E-state index is 13.8. The van der Waals surface area contributed by atoms with E-state index >= 15 is 0 Å². The van der Waals surface area contributed by atoms with Gasteiger partial charge in [-0.1, -0.05) is 81.7 Å². The van der Waals surface area contributed by atoms with Crippen LogP contribution in [0.3, 0.4) is 0 Å². The molecule has 0 aliphatic carbocycles. The van der Waals surface area contributed by atoms with E-state index in [2.05, 4.69) is 56.7 Å². The number of nitrogens with one attached hydrogen (secondary N) is 1. The summed E-state index contributed by atoms with van der Waals surface area (Å²) < 4.78 is 58.3. The topological polar surface area (TPSA) is 116 Å². The molecule has 0 unspecified atom stereocenters. The molecule has 1 aliphatic rings. The van der Waals surface area contributed by atoms with Gasteiger partial charge >= 0.3 is 0 Å². The molecule has 1 heterocycles. The summed E-state index contributed by atoms with van der Waals surface area (Å²) in [5.41, 5.74) is 4.72. The molecule has 1 atom stereocenters. The summed E-state index contributed by atoms with van der Waals surface area (Å²) in [6, 6.07) is 22.8. The van der Waals surface area contributed by atoms with E-state index in [4.69, 9.17) is 23.7 Å². The predicted octanol–water partition coefficient (Wildman–Crippen LogP) is 7.53. The molecule has 294 valence electrons. The monoisotopic (exact) mass is 786 g/mol. The van der Waals surface area contributed by atoms with Gasteiger partial charge in [-0.15, -0.1) is 4.31 Å². The van der Waals surface area contributed by atoms with Crippen LogP contribution in [0.15, 0.2) is 71.6 Å². The van der Waals surface area contributed by atoms with E-state index in [0.29, 0.717) is 39.5 Å². The number of ether oxygens (including phenoxy) is 5. The van der Waals surface area contributed by atoms with Crippen LogP contribution in [0.4, 0.5) is 0 Å². The number of rotatable bonds is 22. The van der Waals surface area contributed by atoms with Crippen molar-refractivity contribution in [2.24, 2.45) is 0 Å². The van der Waals surface area contributed by atoms with E-state index in [0.717, 1.165) is 52.1 Å². The number of sulfonamides is 1. The molecule has 4 rings (SSSR count). The lowest BCUT2D eigenvalue weighted by atomic mass is 10.0. The van der Waals surface area contributed by atoms with Crippen LogP contribution in [-0.4, -0.2) is 79.5 Å². The first-order valence-corrected chi connectivity index (χ1v) is 27.5. The van der Waals surface area contributed by atoms with Gasteiger partial charge in [0.25, 0.3) is 0 Å². The van der Waals surface area contributed by atoms with Crippen molar-refractivity contribution in [1.29, 1.82) is 0 Å². The Labute approximate surface area is 320 Å². The first kappa shape index (κ1) is 43.3. The van der Waals surface area contributed by atoms with Crippen molar-refractivity contribution in [2.75, 3.05) is 39.8 Å². The van der Waals surface area contributed by atoms with Gasteiger partial charge in [0.1, 0.15) is 19.2 Å². The van der Waals surface area contributed by atoms with Crippen molar-refractivity contribution < 1.29 is 37.2 Å². The van der Waals surface area contributed by atoms with Crippen LogP contribution in [0, 0.1) is 0 Å². The van der Waals surface area contributed by atoms with Crippen LogP contribution in [0.2, 0.25) is 51.4 Å². The summed E-state index contributed by atoms with van der Waals surface area (Å²) in [4.78, 5) is 0.194. The number of hydrogen-bond donors (Lipinski definition) is 2. The zero-order chi connectivity index (χ0) is 38.7. The third kappa shape index (κ3) is 15.0. The first-order valence-electron chi connectivity index (χ1n) is 18.6. The molecule has 0 spiro atoms. The fourth-order valence-corrected chi connectivity index (χ4v) is 8.32. The van der Waals surface area contributed by atoms with E-state index in [-0.39, 0.29) is 25.0 Å². The van der Waals surface area contributed by atoms with E-state index in [1.807, 2.05) is 50.2 Å². The summed E-state index contributed by atoms with van der Waals surface area (Å²) in [6.07, 6.45) is 0.148.